The predicted octanol–water partition coefficient (Wildman–Crippen LogP) is 2.95. The van der Waals surface area contributed by atoms with Gasteiger partial charge in [0, 0.05) is 35.3 Å². The number of phenols is 1. The van der Waals surface area contributed by atoms with E-state index in [1.165, 1.54) is 0 Å². The van der Waals surface area contributed by atoms with E-state index < -0.39 is 0 Å². The minimum absolute atomic E-state index is 0.0292. The van der Waals surface area contributed by atoms with Crippen LogP contribution in [0.2, 0.25) is 0 Å². The van der Waals surface area contributed by atoms with E-state index in [9.17, 15) is 9.90 Å². The number of hydrogen-bond donors (Lipinski definition) is 3. The van der Waals surface area contributed by atoms with Crippen molar-refractivity contribution in [1.29, 1.82) is 0 Å². The highest BCUT2D eigenvalue weighted by atomic mass is 16.3. The summed E-state index contributed by atoms with van der Waals surface area (Å²) in [6, 6.07) is 9.77. The Morgan fingerprint density at radius 2 is 1.86 bits per heavy atom. The molecule has 2 aliphatic rings. The summed E-state index contributed by atoms with van der Waals surface area (Å²) < 4.78 is 0. The van der Waals surface area contributed by atoms with Crippen molar-refractivity contribution in [1.82, 2.24) is 25.7 Å². The fraction of sp³-hybridized carbons (Fsp3) is 0.333. The number of carbonyl (C=O) groups is 1. The molecule has 2 fully saturated rings. The quantitative estimate of drug-likeness (QED) is 0.606. The van der Waals surface area contributed by atoms with Crippen molar-refractivity contribution in [2.24, 2.45) is 5.92 Å². The first kappa shape index (κ1) is 17.1. The molecule has 2 aromatic heterocycles. The molecule has 4 heterocycles. The number of nitrogens with one attached hydrogen (secondary N) is 2. The Kier molecular flexibility index (Phi) is 4.16. The lowest BCUT2D eigenvalue weighted by Gasteiger charge is -2.27. The van der Waals surface area contributed by atoms with Gasteiger partial charge in [0.1, 0.15) is 11.4 Å². The Morgan fingerprint density at radius 1 is 1.04 bits per heavy atom. The summed E-state index contributed by atoms with van der Waals surface area (Å²) in [7, 11) is 0. The summed E-state index contributed by atoms with van der Waals surface area (Å²) >= 11 is 0. The number of benzene rings is 1. The highest BCUT2D eigenvalue weighted by molar-refractivity contribution is 5.96. The van der Waals surface area contributed by atoms with Gasteiger partial charge in [0.25, 0.3) is 0 Å². The van der Waals surface area contributed by atoms with E-state index in [0.717, 1.165) is 36.8 Å². The number of Topliss-reactive ketones (excluding diaryl/α,β-unsaturated/α-hetero) is 1. The lowest BCUT2D eigenvalue weighted by atomic mass is 9.87. The normalized spacial score (nSPS) is 23.6. The summed E-state index contributed by atoms with van der Waals surface area (Å²) in [5, 5.41) is 29.0. The van der Waals surface area contributed by atoms with Gasteiger partial charge in [-0.15, -0.1) is 10.2 Å². The number of fused-ring (bicyclic) bond motifs is 2. The van der Waals surface area contributed by atoms with Gasteiger partial charge in [-0.25, -0.2) is 0 Å². The summed E-state index contributed by atoms with van der Waals surface area (Å²) in [4.78, 5) is 12.8. The second-order valence-corrected chi connectivity index (χ2v) is 7.69. The van der Waals surface area contributed by atoms with Crippen LogP contribution in [0.3, 0.4) is 0 Å². The van der Waals surface area contributed by atoms with Crippen molar-refractivity contribution in [3.63, 3.8) is 0 Å². The number of phenolic OH excluding ortho intramolecular Hbond substituents is 1. The van der Waals surface area contributed by atoms with Gasteiger partial charge in [-0.2, -0.15) is 5.10 Å². The number of hydrogen-bond acceptors (Lipinski definition) is 6. The number of piperidine rings is 1. The second-order valence-electron chi connectivity index (χ2n) is 7.69. The molecule has 7 heteroatoms. The van der Waals surface area contributed by atoms with E-state index in [0.29, 0.717) is 29.0 Å². The molecule has 1 unspecified atom stereocenters. The fourth-order valence-electron chi connectivity index (χ4n) is 4.42. The van der Waals surface area contributed by atoms with Gasteiger partial charge in [-0.1, -0.05) is 6.07 Å². The Balaban J connectivity index is 1.36. The SMILES string of the molecule is O=C(c1ccc(-c2ccc(-c3cn[nH]c3)cc2O)nn1)C1C[C@H]2CC[C@@H](C1)N2. The van der Waals surface area contributed by atoms with Gasteiger partial charge in [0.05, 0.1) is 11.9 Å². The first-order valence-electron chi connectivity index (χ1n) is 9.64. The Morgan fingerprint density at radius 3 is 2.50 bits per heavy atom. The van der Waals surface area contributed by atoms with Crippen LogP contribution in [-0.2, 0) is 0 Å². The Hall–Kier alpha value is -3.06. The third-order valence-corrected chi connectivity index (χ3v) is 5.87. The minimum Gasteiger partial charge on any atom is -0.507 e. The first-order valence-corrected chi connectivity index (χ1v) is 9.64. The number of rotatable bonds is 4. The van der Waals surface area contributed by atoms with Crippen molar-refractivity contribution >= 4 is 5.78 Å². The summed E-state index contributed by atoms with van der Waals surface area (Å²) in [6.45, 7) is 0. The van der Waals surface area contributed by atoms with E-state index in [1.807, 2.05) is 6.07 Å². The highest BCUT2D eigenvalue weighted by Crippen LogP contribution is 2.34. The smallest absolute Gasteiger partial charge is 0.186 e. The number of ketones is 1. The fourth-order valence-corrected chi connectivity index (χ4v) is 4.42. The highest BCUT2D eigenvalue weighted by Gasteiger charge is 2.37. The molecule has 2 bridgehead atoms. The molecule has 142 valence electrons. The molecule has 0 radical (unpaired) electrons. The van der Waals surface area contributed by atoms with Crippen molar-refractivity contribution in [3.05, 3.63) is 48.4 Å². The third kappa shape index (κ3) is 3.07. The van der Waals surface area contributed by atoms with Gasteiger partial charge in [0.15, 0.2) is 5.78 Å². The van der Waals surface area contributed by atoms with Gasteiger partial charge < -0.3 is 10.4 Å². The molecule has 7 nitrogen and oxygen atoms in total. The van der Waals surface area contributed by atoms with Crippen molar-refractivity contribution in [2.75, 3.05) is 0 Å². The van der Waals surface area contributed by atoms with E-state index in [2.05, 4.69) is 25.7 Å². The maximum atomic E-state index is 12.8. The number of H-pyrrole nitrogens is 1. The molecule has 1 aromatic carbocycles. The van der Waals surface area contributed by atoms with Gasteiger partial charge in [-0.05, 0) is 55.5 Å². The standard InChI is InChI=1S/C21H21N5O2/c27-20-9-12(14-10-22-23-11-14)1-4-17(20)18-5-6-19(26-25-18)21(28)13-7-15-2-3-16(8-13)24-15/h1,4-6,9-11,13,15-16,24,27H,2-3,7-8H2,(H,22,23)/t13?,15-,16+. The Labute approximate surface area is 162 Å². The molecule has 28 heavy (non-hydrogen) atoms. The maximum absolute atomic E-state index is 12.8. The van der Waals surface area contributed by atoms with Crippen LogP contribution < -0.4 is 5.32 Å². The average Bonchev–Trinajstić information content (AvgIpc) is 3.37. The van der Waals surface area contributed by atoms with Crippen LogP contribution in [-0.4, -0.2) is 43.4 Å². The topological polar surface area (TPSA) is 104 Å². The van der Waals surface area contributed by atoms with E-state index in [1.54, 1.807) is 36.7 Å². The number of aromatic amines is 1. The van der Waals surface area contributed by atoms with Gasteiger partial charge in [-0.3, -0.25) is 9.89 Å². The van der Waals surface area contributed by atoms with Gasteiger partial charge >= 0.3 is 0 Å². The van der Waals surface area contributed by atoms with E-state index in [4.69, 9.17) is 0 Å². The summed E-state index contributed by atoms with van der Waals surface area (Å²) in [6.07, 6.45) is 7.55. The second kappa shape index (κ2) is 6.83. The molecule has 0 aliphatic carbocycles. The van der Waals surface area contributed by atoms with Crippen LogP contribution >= 0.6 is 0 Å². The minimum atomic E-state index is 0.0292. The van der Waals surface area contributed by atoms with Crippen molar-refractivity contribution in [3.8, 4) is 28.1 Å². The van der Waals surface area contributed by atoms with Crippen LogP contribution in [0.25, 0.3) is 22.4 Å². The van der Waals surface area contributed by atoms with Crippen LogP contribution in [0, 0.1) is 5.92 Å². The van der Waals surface area contributed by atoms with Gasteiger partial charge in [0.2, 0.25) is 0 Å². The molecule has 0 spiro atoms. The zero-order valence-electron chi connectivity index (χ0n) is 15.3. The first-order chi connectivity index (χ1) is 13.7. The molecule has 0 saturated carbocycles. The predicted molar refractivity (Wildman–Crippen MR) is 104 cm³/mol. The van der Waals surface area contributed by atoms with Crippen LogP contribution in [0.5, 0.6) is 5.75 Å². The number of aromatic hydroxyl groups is 1. The van der Waals surface area contributed by atoms with Crippen LogP contribution in [0.4, 0.5) is 0 Å². The monoisotopic (exact) mass is 375 g/mol. The summed E-state index contributed by atoms with van der Waals surface area (Å²) in [5.74, 6) is 0.223. The molecule has 2 aliphatic heterocycles. The van der Waals surface area contributed by atoms with Crippen LogP contribution in [0.1, 0.15) is 36.2 Å². The van der Waals surface area contributed by atoms with E-state index in [-0.39, 0.29) is 17.5 Å². The average molecular weight is 375 g/mol. The zero-order chi connectivity index (χ0) is 19.1. The molecule has 3 atom stereocenters. The zero-order valence-corrected chi connectivity index (χ0v) is 15.3. The van der Waals surface area contributed by atoms with Crippen LogP contribution in [0.15, 0.2) is 42.7 Å². The van der Waals surface area contributed by atoms with Crippen molar-refractivity contribution in [2.45, 2.75) is 37.8 Å². The largest absolute Gasteiger partial charge is 0.507 e. The lowest BCUT2D eigenvalue weighted by Crippen LogP contribution is -2.40. The number of carbonyl (C=O) groups excluding carboxylic acids is 1. The molecular weight excluding hydrogens is 354 g/mol. The number of aromatic nitrogens is 4. The maximum Gasteiger partial charge on any atom is 0.186 e. The molecule has 2 saturated heterocycles. The molecule has 3 aromatic rings. The number of nitrogens with zero attached hydrogens (tertiary/aromatic N) is 3. The summed E-state index contributed by atoms with van der Waals surface area (Å²) in [5.41, 5.74) is 3.28. The molecule has 5 rings (SSSR count). The van der Waals surface area contributed by atoms with Crippen molar-refractivity contribution < 1.29 is 9.90 Å². The Bertz CT molecular complexity index is 988. The molecular formula is C21H21N5O2. The molecule has 0 amide bonds. The molecule has 3 N–H and O–H groups in total. The lowest BCUT2D eigenvalue weighted by molar-refractivity contribution is 0.0869. The van der Waals surface area contributed by atoms with E-state index >= 15 is 0 Å². The third-order valence-electron chi connectivity index (χ3n) is 5.87.